The Morgan fingerprint density at radius 3 is 2.42 bits per heavy atom. The van der Waals surface area contributed by atoms with E-state index in [0.29, 0.717) is 38.1 Å². The highest BCUT2D eigenvalue weighted by molar-refractivity contribution is 5.75. The van der Waals surface area contributed by atoms with Crippen LogP contribution < -0.4 is 5.32 Å². The van der Waals surface area contributed by atoms with Crippen molar-refractivity contribution >= 4 is 12.0 Å². The summed E-state index contributed by atoms with van der Waals surface area (Å²) in [5.41, 5.74) is 0. The minimum absolute atomic E-state index is 0.00331. The SMILES string of the molecule is CCC1CC1NC(=O)N1CCN(C(C)C(=O)O)CC1. The van der Waals surface area contributed by atoms with E-state index in [0.717, 1.165) is 12.8 Å². The third-order valence-corrected chi connectivity index (χ3v) is 4.26. The van der Waals surface area contributed by atoms with E-state index in [2.05, 4.69) is 12.2 Å². The highest BCUT2D eigenvalue weighted by Crippen LogP contribution is 2.33. The number of piperazine rings is 1. The molecule has 2 fully saturated rings. The highest BCUT2D eigenvalue weighted by Gasteiger charge is 2.38. The van der Waals surface area contributed by atoms with Gasteiger partial charge < -0.3 is 15.3 Å². The number of hydrogen-bond donors (Lipinski definition) is 2. The Morgan fingerprint density at radius 2 is 1.95 bits per heavy atom. The van der Waals surface area contributed by atoms with E-state index in [1.807, 2.05) is 4.90 Å². The van der Waals surface area contributed by atoms with Crippen molar-refractivity contribution in [1.29, 1.82) is 0 Å². The van der Waals surface area contributed by atoms with Crippen molar-refractivity contribution in [1.82, 2.24) is 15.1 Å². The maximum atomic E-state index is 12.0. The minimum atomic E-state index is -0.804. The summed E-state index contributed by atoms with van der Waals surface area (Å²) < 4.78 is 0. The van der Waals surface area contributed by atoms with Gasteiger partial charge in [0.25, 0.3) is 0 Å². The van der Waals surface area contributed by atoms with Gasteiger partial charge in [0.2, 0.25) is 0 Å². The average Bonchev–Trinajstić information content (AvgIpc) is 3.16. The van der Waals surface area contributed by atoms with E-state index in [4.69, 9.17) is 5.11 Å². The van der Waals surface area contributed by atoms with Crippen molar-refractivity contribution in [2.45, 2.75) is 38.8 Å². The van der Waals surface area contributed by atoms with Crippen LogP contribution in [0.4, 0.5) is 4.79 Å². The number of nitrogens with zero attached hydrogens (tertiary/aromatic N) is 2. The van der Waals surface area contributed by atoms with Gasteiger partial charge in [-0.05, 0) is 19.3 Å². The number of aliphatic carboxylic acids is 1. The molecule has 1 saturated heterocycles. The average molecular weight is 269 g/mol. The molecule has 0 aromatic carbocycles. The van der Waals surface area contributed by atoms with Crippen LogP contribution in [0.2, 0.25) is 0 Å². The van der Waals surface area contributed by atoms with Gasteiger partial charge in [0, 0.05) is 32.2 Å². The van der Waals surface area contributed by atoms with Gasteiger partial charge in [-0.2, -0.15) is 0 Å². The molecular weight excluding hydrogens is 246 g/mol. The maximum absolute atomic E-state index is 12.0. The zero-order chi connectivity index (χ0) is 14.0. The van der Waals surface area contributed by atoms with Gasteiger partial charge in [-0.3, -0.25) is 9.69 Å². The lowest BCUT2D eigenvalue weighted by Gasteiger charge is -2.36. The Kier molecular flexibility index (Phi) is 4.29. The number of carboxylic acid groups (broad SMARTS) is 1. The smallest absolute Gasteiger partial charge is 0.320 e. The Morgan fingerprint density at radius 1 is 1.32 bits per heavy atom. The van der Waals surface area contributed by atoms with Crippen LogP contribution in [-0.2, 0) is 4.79 Å². The van der Waals surface area contributed by atoms with Crippen LogP contribution in [0.15, 0.2) is 0 Å². The first-order valence-electron chi connectivity index (χ1n) is 7.05. The molecule has 0 bridgehead atoms. The standard InChI is InChI=1S/C13H23N3O3/c1-3-10-8-11(10)14-13(19)16-6-4-15(5-7-16)9(2)12(17)18/h9-11H,3-8H2,1-2H3,(H,14,19)(H,17,18). The number of urea groups is 1. The first kappa shape index (κ1) is 14.1. The summed E-state index contributed by atoms with van der Waals surface area (Å²) in [5, 5.41) is 12.0. The van der Waals surface area contributed by atoms with Crippen LogP contribution in [0, 0.1) is 5.92 Å². The zero-order valence-corrected chi connectivity index (χ0v) is 11.6. The summed E-state index contributed by atoms with van der Waals surface area (Å²) in [4.78, 5) is 26.6. The van der Waals surface area contributed by atoms with E-state index in [-0.39, 0.29) is 6.03 Å². The van der Waals surface area contributed by atoms with Crippen molar-refractivity contribution in [2.75, 3.05) is 26.2 Å². The molecule has 1 saturated carbocycles. The van der Waals surface area contributed by atoms with Crippen molar-refractivity contribution < 1.29 is 14.7 Å². The molecule has 0 aromatic heterocycles. The van der Waals surface area contributed by atoms with Crippen molar-refractivity contribution in [2.24, 2.45) is 5.92 Å². The van der Waals surface area contributed by atoms with Crippen LogP contribution in [0.5, 0.6) is 0 Å². The molecule has 1 heterocycles. The van der Waals surface area contributed by atoms with Gasteiger partial charge in [0.05, 0.1) is 0 Å². The highest BCUT2D eigenvalue weighted by atomic mass is 16.4. The molecule has 2 rings (SSSR count). The summed E-state index contributed by atoms with van der Waals surface area (Å²) >= 11 is 0. The quantitative estimate of drug-likeness (QED) is 0.783. The molecule has 6 nitrogen and oxygen atoms in total. The molecule has 1 aliphatic heterocycles. The number of hydrogen-bond acceptors (Lipinski definition) is 3. The van der Waals surface area contributed by atoms with Crippen LogP contribution >= 0.6 is 0 Å². The number of amides is 2. The number of carbonyl (C=O) groups is 2. The predicted octanol–water partition coefficient (Wildman–Crippen LogP) is 0.585. The topological polar surface area (TPSA) is 72.9 Å². The monoisotopic (exact) mass is 269 g/mol. The Bertz CT molecular complexity index is 353. The Labute approximate surface area is 113 Å². The summed E-state index contributed by atoms with van der Waals surface area (Å²) in [7, 11) is 0. The van der Waals surface area contributed by atoms with Gasteiger partial charge in [-0.15, -0.1) is 0 Å². The second kappa shape index (κ2) is 5.77. The van der Waals surface area contributed by atoms with E-state index in [9.17, 15) is 9.59 Å². The van der Waals surface area contributed by atoms with E-state index in [1.54, 1.807) is 11.8 Å². The molecule has 2 aliphatic rings. The van der Waals surface area contributed by atoms with E-state index >= 15 is 0 Å². The van der Waals surface area contributed by atoms with E-state index in [1.165, 1.54) is 0 Å². The molecule has 19 heavy (non-hydrogen) atoms. The number of rotatable bonds is 4. The van der Waals surface area contributed by atoms with Crippen molar-refractivity contribution in [3.63, 3.8) is 0 Å². The van der Waals surface area contributed by atoms with Gasteiger partial charge in [-0.1, -0.05) is 13.3 Å². The number of nitrogens with one attached hydrogen (secondary N) is 1. The third kappa shape index (κ3) is 3.37. The summed E-state index contributed by atoms with van der Waals surface area (Å²) in [5.74, 6) is -0.154. The summed E-state index contributed by atoms with van der Waals surface area (Å²) in [6, 6.07) is -0.116. The van der Waals surface area contributed by atoms with Crippen molar-refractivity contribution in [3.8, 4) is 0 Å². The molecule has 2 N–H and O–H groups in total. The van der Waals surface area contributed by atoms with Crippen LogP contribution in [-0.4, -0.2) is 65.2 Å². The summed E-state index contributed by atoms with van der Waals surface area (Å²) in [6.07, 6.45) is 2.22. The maximum Gasteiger partial charge on any atom is 0.320 e. The van der Waals surface area contributed by atoms with Gasteiger partial charge in [0.15, 0.2) is 0 Å². The Balaban J connectivity index is 1.74. The zero-order valence-electron chi connectivity index (χ0n) is 11.6. The molecule has 108 valence electrons. The van der Waals surface area contributed by atoms with Crippen molar-refractivity contribution in [3.05, 3.63) is 0 Å². The van der Waals surface area contributed by atoms with Crippen LogP contribution in [0.3, 0.4) is 0 Å². The molecule has 0 spiro atoms. The molecule has 2 amide bonds. The molecule has 6 heteroatoms. The first-order valence-corrected chi connectivity index (χ1v) is 7.05. The number of carboxylic acids is 1. The second-order valence-electron chi connectivity index (χ2n) is 5.50. The molecule has 0 radical (unpaired) electrons. The molecule has 3 atom stereocenters. The second-order valence-corrected chi connectivity index (χ2v) is 5.50. The lowest BCUT2D eigenvalue weighted by molar-refractivity contribution is -0.143. The number of carbonyl (C=O) groups excluding carboxylic acids is 1. The fourth-order valence-electron chi connectivity index (χ4n) is 2.59. The van der Waals surface area contributed by atoms with Gasteiger partial charge in [0.1, 0.15) is 6.04 Å². The lowest BCUT2D eigenvalue weighted by atomic mass is 10.2. The predicted molar refractivity (Wildman–Crippen MR) is 71.0 cm³/mol. The first-order chi connectivity index (χ1) is 9.02. The van der Waals surface area contributed by atoms with Gasteiger partial charge >= 0.3 is 12.0 Å². The third-order valence-electron chi connectivity index (χ3n) is 4.26. The fraction of sp³-hybridized carbons (Fsp3) is 0.846. The molecule has 3 unspecified atom stereocenters. The van der Waals surface area contributed by atoms with Crippen LogP contribution in [0.25, 0.3) is 0 Å². The molecule has 1 aliphatic carbocycles. The fourth-order valence-corrected chi connectivity index (χ4v) is 2.59. The van der Waals surface area contributed by atoms with E-state index < -0.39 is 12.0 Å². The minimum Gasteiger partial charge on any atom is -0.480 e. The van der Waals surface area contributed by atoms with Crippen LogP contribution in [0.1, 0.15) is 26.7 Å². The lowest BCUT2D eigenvalue weighted by Crippen LogP contribution is -2.55. The largest absolute Gasteiger partial charge is 0.480 e. The van der Waals surface area contributed by atoms with Gasteiger partial charge in [-0.25, -0.2) is 4.79 Å². The summed E-state index contributed by atoms with van der Waals surface area (Å²) in [6.45, 7) is 6.29. The Hall–Kier alpha value is -1.30. The molecular formula is C13H23N3O3. The molecule has 0 aromatic rings. The normalized spacial score (nSPS) is 28.8.